The molecule has 0 atom stereocenters. The van der Waals surface area contributed by atoms with Crippen LogP contribution in [0.5, 0.6) is 0 Å². The predicted octanol–water partition coefficient (Wildman–Crippen LogP) is 5.54. The van der Waals surface area contributed by atoms with Crippen molar-refractivity contribution in [2.45, 2.75) is 50.8 Å². The molecule has 0 bridgehead atoms. The van der Waals surface area contributed by atoms with Crippen LogP contribution in [0.15, 0.2) is 50.8 Å². The van der Waals surface area contributed by atoms with E-state index in [1.807, 2.05) is 51.1 Å². The molecular weight excluding hydrogens is 628 g/mol. The molecule has 1 N–H and O–H groups in total. The van der Waals surface area contributed by atoms with Crippen LogP contribution >= 0.6 is 39.3 Å². The number of likely N-dealkylation sites (tertiary alicyclic amines) is 1. The van der Waals surface area contributed by atoms with Crippen molar-refractivity contribution in [2.24, 2.45) is 0 Å². The highest BCUT2D eigenvalue weighted by Crippen LogP contribution is 2.30. The first kappa shape index (κ1) is 30.2. The molecule has 9 nitrogen and oxygen atoms in total. The number of carbonyl (C=O) groups excluding carboxylic acids is 1. The smallest absolute Gasteiger partial charge is 0.410 e. The molecule has 0 spiro atoms. The Kier molecular flexibility index (Phi) is 9.20. The van der Waals surface area contributed by atoms with Crippen LogP contribution in [0.4, 0.5) is 10.5 Å². The molecule has 0 unspecified atom stereocenters. The van der Waals surface area contributed by atoms with Gasteiger partial charge >= 0.3 is 6.09 Å². The SMILES string of the molecule is CCSc1ccc(Cl)cc1Nn1cnc2cc(CN3CCN(C4CN(C(=O)OC(C)(C)C)C4)CC3)c(Br)cc2c1=O. The summed E-state index contributed by atoms with van der Waals surface area (Å²) in [7, 11) is 0. The first-order chi connectivity index (χ1) is 19.5. The van der Waals surface area contributed by atoms with Gasteiger partial charge in [-0.25, -0.2) is 14.5 Å². The molecule has 2 aromatic carbocycles. The lowest BCUT2D eigenvalue weighted by molar-refractivity contribution is -0.0252. The maximum absolute atomic E-state index is 13.4. The number of nitrogens with zero attached hydrogens (tertiary/aromatic N) is 5. The summed E-state index contributed by atoms with van der Waals surface area (Å²) in [5.74, 6) is 0.902. The van der Waals surface area contributed by atoms with Gasteiger partial charge in [-0.05, 0) is 62.4 Å². The van der Waals surface area contributed by atoms with Crippen LogP contribution in [0.2, 0.25) is 5.02 Å². The number of rotatable bonds is 7. The highest BCUT2D eigenvalue weighted by molar-refractivity contribution is 9.10. The van der Waals surface area contributed by atoms with Crippen LogP contribution in [-0.4, -0.2) is 87.1 Å². The topological polar surface area (TPSA) is 82.9 Å². The quantitative estimate of drug-likeness (QED) is 0.331. The second-order valence-electron chi connectivity index (χ2n) is 11.4. The van der Waals surface area contributed by atoms with Crippen molar-refractivity contribution < 1.29 is 9.53 Å². The van der Waals surface area contributed by atoms with Crippen LogP contribution in [0.3, 0.4) is 0 Å². The van der Waals surface area contributed by atoms with Crippen molar-refractivity contribution in [3.63, 3.8) is 0 Å². The monoisotopic (exact) mass is 662 g/mol. The van der Waals surface area contributed by atoms with Crippen molar-refractivity contribution in [1.82, 2.24) is 24.4 Å². The number of amides is 1. The van der Waals surface area contributed by atoms with E-state index in [9.17, 15) is 9.59 Å². The molecule has 41 heavy (non-hydrogen) atoms. The van der Waals surface area contributed by atoms with Crippen molar-refractivity contribution >= 4 is 62.0 Å². The zero-order valence-corrected chi connectivity index (χ0v) is 27.0. The lowest BCUT2D eigenvalue weighted by Gasteiger charge is -2.48. The Labute approximate surface area is 258 Å². The summed E-state index contributed by atoms with van der Waals surface area (Å²) in [5, 5.41) is 1.13. The van der Waals surface area contributed by atoms with E-state index in [2.05, 4.69) is 43.1 Å². The molecule has 2 aliphatic rings. The minimum Gasteiger partial charge on any atom is -0.444 e. The van der Waals surface area contributed by atoms with Gasteiger partial charge in [-0.2, -0.15) is 0 Å². The molecule has 3 heterocycles. The summed E-state index contributed by atoms with van der Waals surface area (Å²) >= 11 is 11.6. The van der Waals surface area contributed by atoms with Crippen molar-refractivity contribution in [1.29, 1.82) is 0 Å². The molecule has 0 radical (unpaired) electrons. The number of nitrogens with one attached hydrogen (secondary N) is 1. The molecule has 1 amide bonds. The molecule has 2 aliphatic heterocycles. The van der Waals surface area contributed by atoms with Crippen molar-refractivity contribution in [3.05, 3.63) is 62.1 Å². The first-order valence-electron chi connectivity index (χ1n) is 13.8. The summed E-state index contributed by atoms with van der Waals surface area (Å²) < 4.78 is 7.78. The lowest BCUT2D eigenvalue weighted by Crippen LogP contribution is -2.64. The minimum atomic E-state index is -0.470. The van der Waals surface area contributed by atoms with E-state index < -0.39 is 5.60 Å². The molecule has 0 aliphatic carbocycles. The number of halogens is 2. The van der Waals surface area contributed by atoms with Gasteiger partial charge < -0.3 is 9.64 Å². The van der Waals surface area contributed by atoms with Crippen LogP contribution in [-0.2, 0) is 11.3 Å². The average molecular weight is 664 g/mol. The maximum Gasteiger partial charge on any atom is 0.410 e. The van der Waals surface area contributed by atoms with E-state index in [1.54, 1.807) is 16.7 Å². The number of ether oxygens (including phenoxy) is 1. The molecule has 220 valence electrons. The number of aromatic nitrogens is 2. The zero-order chi connectivity index (χ0) is 29.3. The Morgan fingerprint density at radius 1 is 1.17 bits per heavy atom. The van der Waals surface area contributed by atoms with Crippen LogP contribution in [0.1, 0.15) is 33.3 Å². The van der Waals surface area contributed by atoms with E-state index in [1.165, 1.54) is 11.0 Å². The summed E-state index contributed by atoms with van der Waals surface area (Å²) in [6, 6.07) is 9.87. The Balaban J connectivity index is 1.20. The number of anilines is 1. The molecule has 2 fully saturated rings. The molecule has 0 saturated carbocycles. The van der Waals surface area contributed by atoms with E-state index in [0.29, 0.717) is 22.0 Å². The van der Waals surface area contributed by atoms with Gasteiger partial charge in [0, 0.05) is 66.2 Å². The van der Waals surface area contributed by atoms with Crippen LogP contribution in [0.25, 0.3) is 10.9 Å². The summed E-state index contributed by atoms with van der Waals surface area (Å²) in [6.07, 6.45) is 1.30. The zero-order valence-electron chi connectivity index (χ0n) is 23.8. The summed E-state index contributed by atoms with van der Waals surface area (Å²) in [4.78, 5) is 37.9. The van der Waals surface area contributed by atoms with E-state index in [-0.39, 0.29) is 11.7 Å². The highest BCUT2D eigenvalue weighted by Gasteiger charge is 2.38. The number of hydrogen-bond donors (Lipinski definition) is 1. The molecule has 5 rings (SSSR count). The van der Waals surface area contributed by atoms with Gasteiger partial charge in [0.05, 0.1) is 16.6 Å². The maximum atomic E-state index is 13.4. The third kappa shape index (κ3) is 7.19. The third-order valence-electron chi connectivity index (χ3n) is 7.24. The van der Waals surface area contributed by atoms with Crippen LogP contribution in [0, 0.1) is 0 Å². The summed E-state index contributed by atoms with van der Waals surface area (Å²) in [6.45, 7) is 13.7. The average Bonchev–Trinajstić information content (AvgIpc) is 2.87. The van der Waals surface area contributed by atoms with E-state index in [0.717, 1.165) is 72.2 Å². The van der Waals surface area contributed by atoms with Gasteiger partial charge in [0.25, 0.3) is 5.56 Å². The third-order valence-corrected chi connectivity index (χ3v) is 9.17. The van der Waals surface area contributed by atoms with Gasteiger partial charge in [0.2, 0.25) is 0 Å². The molecule has 3 aromatic rings. The Morgan fingerprint density at radius 2 is 1.90 bits per heavy atom. The fourth-order valence-corrected chi connectivity index (χ4v) is 6.45. The van der Waals surface area contributed by atoms with E-state index in [4.69, 9.17) is 16.3 Å². The van der Waals surface area contributed by atoms with Gasteiger partial charge in [0.1, 0.15) is 11.9 Å². The van der Waals surface area contributed by atoms with Gasteiger partial charge in [-0.3, -0.25) is 20.0 Å². The number of piperazine rings is 1. The first-order valence-corrected chi connectivity index (χ1v) is 16.0. The lowest BCUT2D eigenvalue weighted by atomic mass is 10.1. The molecule has 12 heteroatoms. The number of hydrogen-bond acceptors (Lipinski definition) is 8. The highest BCUT2D eigenvalue weighted by atomic mass is 79.9. The second-order valence-corrected chi connectivity index (χ2v) is 14.0. The van der Waals surface area contributed by atoms with Gasteiger partial charge in [-0.15, -0.1) is 11.8 Å². The van der Waals surface area contributed by atoms with Crippen molar-refractivity contribution in [3.8, 4) is 0 Å². The predicted molar refractivity (Wildman–Crippen MR) is 169 cm³/mol. The Bertz CT molecular complexity index is 1480. The minimum absolute atomic E-state index is 0.177. The van der Waals surface area contributed by atoms with Gasteiger partial charge in [0.15, 0.2) is 0 Å². The number of thioether (sulfide) groups is 1. The Morgan fingerprint density at radius 3 is 2.59 bits per heavy atom. The number of carbonyl (C=O) groups is 1. The number of fused-ring (bicyclic) bond motifs is 1. The number of benzene rings is 2. The largest absolute Gasteiger partial charge is 0.444 e. The normalized spacial score (nSPS) is 17.1. The van der Waals surface area contributed by atoms with Crippen molar-refractivity contribution in [2.75, 3.05) is 50.4 Å². The van der Waals surface area contributed by atoms with Crippen LogP contribution < -0.4 is 11.0 Å². The fourth-order valence-electron chi connectivity index (χ4n) is 5.08. The summed E-state index contributed by atoms with van der Waals surface area (Å²) in [5.41, 5.74) is 5.06. The molecular formula is C29H36BrClN6O3S. The van der Waals surface area contributed by atoms with Gasteiger partial charge in [-0.1, -0.05) is 34.5 Å². The fraction of sp³-hybridized carbons (Fsp3) is 0.483. The molecule has 2 saturated heterocycles. The second kappa shape index (κ2) is 12.5. The molecule has 1 aromatic heterocycles. The van der Waals surface area contributed by atoms with E-state index >= 15 is 0 Å². The standard InChI is InChI=1S/C29H36BrClN6O3S/c1-5-41-26-7-6-20(31)13-25(26)33-37-18-32-24-12-19(23(30)14-22(24)27(37)38)15-34-8-10-35(11-9-34)21-16-36(17-21)28(39)40-29(2,3)4/h6-7,12-14,18,21,33H,5,8-11,15-17H2,1-4H3. The Hall–Kier alpha value is -2.31.